The van der Waals surface area contributed by atoms with Crippen LogP contribution in [-0.2, 0) is 14.9 Å². The summed E-state index contributed by atoms with van der Waals surface area (Å²) >= 11 is 0. The predicted molar refractivity (Wildman–Crippen MR) is 94.7 cm³/mol. The predicted octanol–water partition coefficient (Wildman–Crippen LogP) is 2.77. The molecule has 1 aliphatic carbocycles. The number of aliphatic imine (C=N–C) groups is 1. The van der Waals surface area contributed by atoms with Crippen molar-refractivity contribution in [2.24, 2.45) is 10.4 Å². The number of nitrogens with zero attached hydrogens (tertiary/aromatic N) is 1. The van der Waals surface area contributed by atoms with Gasteiger partial charge in [0.2, 0.25) is 0 Å². The molecular weight excluding hydrogens is 344 g/mol. The maximum atomic E-state index is 11.1. The van der Waals surface area contributed by atoms with Crippen LogP contribution in [0, 0.1) is 5.41 Å². The number of nitrogens with one attached hydrogen (secondary N) is 1. The van der Waals surface area contributed by atoms with E-state index in [0.29, 0.717) is 5.69 Å². The summed E-state index contributed by atoms with van der Waals surface area (Å²) in [6.07, 6.45) is 1.45. The van der Waals surface area contributed by atoms with Gasteiger partial charge in [-0.15, -0.1) is 0 Å². The van der Waals surface area contributed by atoms with E-state index < -0.39 is 16.1 Å². The van der Waals surface area contributed by atoms with Crippen molar-refractivity contribution in [3.63, 3.8) is 0 Å². The van der Waals surface area contributed by atoms with Crippen LogP contribution in [0.3, 0.4) is 0 Å². The maximum Gasteiger partial charge on any atom is 0.322 e. The lowest BCUT2D eigenvalue weighted by Gasteiger charge is -2.33. The molecule has 0 saturated heterocycles. The topological polar surface area (TPSA) is 116 Å². The highest BCUT2D eigenvalue weighted by atomic mass is 32.2. The summed E-state index contributed by atoms with van der Waals surface area (Å²) in [5.41, 5.74) is 3.07. The van der Waals surface area contributed by atoms with Crippen LogP contribution in [0.15, 0.2) is 45.4 Å². The average molecular weight is 366 g/mol. The van der Waals surface area contributed by atoms with E-state index >= 15 is 0 Å². The number of rotatable bonds is 5. The van der Waals surface area contributed by atoms with Crippen molar-refractivity contribution in [3.05, 3.63) is 35.5 Å². The summed E-state index contributed by atoms with van der Waals surface area (Å²) in [6, 6.07) is 5.64. The summed E-state index contributed by atoms with van der Waals surface area (Å²) < 4.78 is 31.2. The van der Waals surface area contributed by atoms with Crippen molar-refractivity contribution >= 4 is 27.5 Å². The molecule has 8 heteroatoms. The zero-order chi connectivity index (χ0) is 18.8. The first kappa shape index (κ1) is 19.1. The van der Waals surface area contributed by atoms with Crippen molar-refractivity contribution in [1.82, 2.24) is 5.32 Å². The van der Waals surface area contributed by atoms with Gasteiger partial charge in [0.05, 0.1) is 10.6 Å². The van der Waals surface area contributed by atoms with Crippen molar-refractivity contribution in [2.45, 2.75) is 38.5 Å². The molecule has 0 saturated carbocycles. The van der Waals surface area contributed by atoms with Gasteiger partial charge in [0.1, 0.15) is 6.54 Å². The normalized spacial score (nSPS) is 19.1. The van der Waals surface area contributed by atoms with Gasteiger partial charge in [-0.2, -0.15) is 8.42 Å². The third-order valence-corrected chi connectivity index (χ3v) is 4.91. The highest BCUT2D eigenvalue weighted by molar-refractivity contribution is 7.85. The van der Waals surface area contributed by atoms with Gasteiger partial charge in [-0.3, -0.25) is 14.3 Å². The lowest BCUT2D eigenvalue weighted by molar-refractivity contribution is -0.135. The van der Waals surface area contributed by atoms with Gasteiger partial charge in [-0.05, 0) is 55.0 Å². The van der Waals surface area contributed by atoms with E-state index in [0.717, 1.165) is 29.8 Å². The Kier molecular flexibility index (Phi) is 5.34. The SMILES string of the molecule is CC1=C(NCC(=O)O)CC(C)(C)CC1=Nc1ccc(S(=O)(=O)O)cc1. The molecular formula is C17H22N2O5S. The Morgan fingerprint density at radius 2 is 1.84 bits per heavy atom. The highest BCUT2D eigenvalue weighted by Gasteiger charge is 2.30. The second-order valence-corrected chi connectivity index (χ2v) is 8.32. The lowest BCUT2D eigenvalue weighted by Crippen LogP contribution is -2.33. The molecule has 1 aromatic carbocycles. The van der Waals surface area contributed by atoms with Crippen LogP contribution in [-0.4, -0.2) is 36.3 Å². The number of allylic oxidation sites excluding steroid dienone is 2. The molecule has 136 valence electrons. The van der Waals surface area contributed by atoms with E-state index in [2.05, 4.69) is 24.2 Å². The first-order valence-corrected chi connectivity index (χ1v) is 9.23. The minimum atomic E-state index is -4.23. The van der Waals surface area contributed by atoms with E-state index in [1.807, 2.05) is 6.92 Å². The molecule has 0 atom stereocenters. The van der Waals surface area contributed by atoms with Crippen LogP contribution in [0.1, 0.15) is 33.6 Å². The fraction of sp³-hybridized carbons (Fsp3) is 0.412. The smallest absolute Gasteiger partial charge is 0.322 e. The molecule has 0 bridgehead atoms. The number of carbonyl (C=O) groups is 1. The Balaban J connectivity index is 2.36. The summed E-state index contributed by atoms with van der Waals surface area (Å²) in [5, 5.41) is 11.8. The molecule has 1 aromatic rings. The highest BCUT2D eigenvalue weighted by Crippen LogP contribution is 2.37. The van der Waals surface area contributed by atoms with Gasteiger partial charge in [-0.1, -0.05) is 13.8 Å². The van der Waals surface area contributed by atoms with Crippen molar-refractivity contribution < 1.29 is 22.9 Å². The lowest BCUT2D eigenvalue weighted by atomic mass is 9.75. The minimum Gasteiger partial charge on any atom is -0.480 e. The molecule has 0 fully saturated rings. The number of aliphatic carboxylic acids is 1. The zero-order valence-electron chi connectivity index (χ0n) is 14.4. The maximum absolute atomic E-state index is 11.1. The molecule has 0 radical (unpaired) electrons. The van der Waals surface area contributed by atoms with Gasteiger partial charge in [0.25, 0.3) is 10.1 Å². The van der Waals surface area contributed by atoms with E-state index in [1.165, 1.54) is 24.3 Å². The van der Waals surface area contributed by atoms with E-state index in [1.54, 1.807) is 0 Å². The molecule has 0 amide bonds. The summed E-state index contributed by atoms with van der Waals surface area (Å²) in [4.78, 5) is 15.2. The Labute approximate surface area is 147 Å². The molecule has 3 N–H and O–H groups in total. The standard InChI is InChI=1S/C17H22N2O5S/c1-11-14(18-10-16(20)21)8-17(2,3)9-15(11)19-12-4-6-13(7-5-12)25(22,23)24/h4-7,18H,8-10H2,1-3H3,(H,20,21)(H,22,23,24). The van der Waals surface area contributed by atoms with Crippen molar-refractivity contribution in [3.8, 4) is 0 Å². The summed E-state index contributed by atoms with van der Waals surface area (Å²) in [7, 11) is -4.23. The number of hydrogen-bond donors (Lipinski definition) is 3. The molecule has 0 unspecified atom stereocenters. The molecule has 7 nitrogen and oxygen atoms in total. The van der Waals surface area contributed by atoms with Crippen LogP contribution in [0.25, 0.3) is 0 Å². The fourth-order valence-electron chi connectivity index (χ4n) is 2.78. The van der Waals surface area contributed by atoms with E-state index in [9.17, 15) is 13.2 Å². The van der Waals surface area contributed by atoms with Crippen LogP contribution in [0.2, 0.25) is 0 Å². The molecule has 0 heterocycles. The Hall–Kier alpha value is -2.19. The van der Waals surface area contributed by atoms with Crippen LogP contribution in [0.5, 0.6) is 0 Å². The molecule has 0 aliphatic heterocycles. The second kappa shape index (κ2) is 6.97. The Bertz CT molecular complexity index is 836. The largest absolute Gasteiger partial charge is 0.480 e. The molecule has 2 rings (SSSR count). The third kappa shape index (κ3) is 5.14. The molecule has 1 aliphatic rings. The quantitative estimate of drug-likeness (QED) is 0.690. The van der Waals surface area contributed by atoms with Gasteiger partial charge in [0.15, 0.2) is 0 Å². The fourth-order valence-corrected chi connectivity index (χ4v) is 3.26. The third-order valence-electron chi connectivity index (χ3n) is 4.04. The number of carboxylic acid groups (broad SMARTS) is 1. The van der Waals surface area contributed by atoms with Gasteiger partial charge in [0, 0.05) is 11.4 Å². The van der Waals surface area contributed by atoms with Gasteiger partial charge >= 0.3 is 5.97 Å². The first-order valence-electron chi connectivity index (χ1n) is 7.79. The van der Waals surface area contributed by atoms with Crippen LogP contribution < -0.4 is 5.32 Å². The van der Waals surface area contributed by atoms with Crippen LogP contribution >= 0.6 is 0 Å². The van der Waals surface area contributed by atoms with Gasteiger partial charge in [-0.25, -0.2) is 0 Å². The zero-order valence-corrected chi connectivity index (χ0v) is 15.2. The number of carboxylic acids is 1. The summed E-state index contributed by atoms with van der Waals surface area (Å²) in [5.74, 6) is -0.928. The molecule has 0 spiro atoms. The number of hydrogen-bond acceptors (Lipinski definition) is 5. The average Bonchev–Trinajstić information content (AvgIpc) is 2.48. The van der Waals surface area contributed by atoms with Crippen molar-refractivity contribution in [1.29, 1.82) is 0 Å². The Morgan fingerprint density at radius 3 is 2.36 bits per heavy atom. The Morgan fingerprint density at radius 1 is 1.24 bits per heavy atom. The summed E-state index contributed by atoms with van der Waals surface area (Å²) in [6.45, 7) is 5.90. The van der Waals surface area contributed by atoms with E-state index in [4.69, 9.17) is 9.66 Å². The molecule has 25 heavy (non-hydrogen) atoms. The van der Waals surface area contributed by atoms with Gasteiger partial charge < -0.3 is 10.4 Å². The van der Waals surface area contributed by atoms with E-state index in [-0.39, 0.29) is 16.9 Å². The first-order chi connectivity index (χ1) is 11.5. The monoisotopic (exact) mass is 366 g/mol. The van der Waals surface area contributed by atoms with Crippen molar-refractivity contribution in [2.75, 3.05) is 6.54 Å². The second-order valence-electron chi connectivity index (χ2n) is 6.90. The van der Waals surface area contributed by atoms with Crippen LogP contribution in [0.4, 0.5) is 5.69 Å². The number of benzene rings is 1. The molecule has 0 aromatic heterocycles. The minimum absolute atomic E-state index is 0.0758.